The lowest BCUT2D eigenvalue weighted by Crippen LogP contribution is -2.26. The molecule has 0 aromatic heterocycles. The summed E-state index contributed by atoms with van der Waals surface area (Å²) in [5.74, 6) is 0. The van der Waals surface area contributed by atoms with Crippen molar-refractivity contribution in [3.05, 3.63) is 12.5 Å². The average molecular weight is 221 g/mol. The van der Waals surface area contributed by atoms with Crippen LogP contribution in [0.4, 0.5) is 0 Å². The highest BCUT2D eigenvalue weighted by molar-refractivity contribution is 7.46. The molecule has 0 aliphatic heterocycles. The second-order valence-corrected chi connectivity index (χ2v) is 4.59. The zero-order valence-corrected chi connectivity index (χ0v) is 8.82. The molecule has 1 aliphatic rings. The number of hydrogen-bond acceptors (Lipinski definition) is 3. The Hall–Kier alpha value is -0.510. The summed E-state index contributed by atoms with van der Waals surface area (Å²) in [4.78, 5) is 16.7. The highest BCUT2D eigenvalue weighted by atomic mass is 31.2. The van der Waals surface area contributed by atoms with Gasteiger partial charge in [-0.3, -0.25) is 9.79 Å². The van der Waals surface area contributed by atoms with Gasteiger partial charge in [-0.25, -0.2) is 4.57 Å². The van der Waals surface area contributed by atoms with E-state index in [-0.39, 0.29) is 0 Å². The minimum Gasteiger partial charge on any atom is -0.411 e. The Bertz CT molecular complexity index is 231. The quantitative estimate of drug-likeness (QED) is 0.495. The minimum atomic E-state index is -4.36. The molecule has 1 fully saturated rings. The summed E-state index contributed by atoms with van der Waals surface area (Å²) in [7, 11) is -4.36. The molecule has 1 saturated carbocycles. The van der Waals surface area contributed by atoms with Gasteiger partial charge in [-0.05, 0) is 12.8 Å². The van der Waals surface area contributed by atoms with Crippen LogP contribution in [0, 0.1) is 0 Å². The van der Waals surface area contributed by atoms with E-state index < -0.39 is 7.82 Å². The molecule has 0 saturated heterocycles. The molecule has 0 aromatic rings. The highest BCUT2D eigenvalue weighted by Crippen LogP contribution is 2.35. The van der Waals surface area contributed by atoms with E-state index >= 15 is 0 Å². The van der Waals surface area contributed by atoms with Gasteiger partial charge in [0.05, 0.1) is 0 Å². The van der Waals surface area contributed by atoms with Crippen LogP contribution in [0.2, 0.25) is 0 Å². The molecule has 82 valence electrons. The van der Waals surface area contributed by atoms with Gasteiger partial charge in [0.1, 0.15) is 6.26 Å². The molecule has 1 rings (SSSR count). The predicted octanol–water partition coefficient (Wildman–Crippen LogP) is 1.49. The number of rotatable bonds is 4. The number of phosphoric ester groups is 1. The van der Waals surface area contributed by atoms with Gasteiger partial charge < -0.3 is 9.84 Å². The lowest BCUT2D eigenvalue weighted by Gasteiger charge is -2.21. The third kappa shape index (κ3) is 5.27. The van der Waals surface area contributed by atoms with E-state index in [2.05, 4.69) is 9.84 Å². The Labute approximate surface area is 83.4 Å². The van der Waals surface area contributed by atoms with Crippen molar-refractivity contribution in [3.63, 3.8) is 0 Å². The van der Waals surface area contributed by atoms with Crippen molar-refractivity contribution in [3.8, 4) is 0 Å². The summed E-state index contributed by atoms with van der Waals surface area (Å²) in [5.41, 5.74) is 0. The zero-order valence-electron chi connectivity index (χ0n) is 7.93. The van der Waals surface area contributed by atoms with Gasteiger partial charge in [-0.1, -0.05) is 19.3 Å². The largest absolute Gasteiger partial charge is 0.524 e. The van der Waals surface area contributed by atoms with Crippen molar-refractivity contribution in [1.29, 1.82) is 0 Å². The van der Waals surface area contributed by atoms with E-state index in [9.17, 15) is 4.57 Å². The van der Waals surface area contributed by atoms with E-state index in [4.69, 9.17) is 9.79 Å². The zero-order chi connectivity index (χ0) is 10.4. The fraction of sp³-hybridized carbons (Fsp3) is 0.750. The smallest absolute Gasteiger partial charge is 0.411 e. The first-order chi connectivity index (χ1) is 6.58. The third-order valence-electron chi connectivity index (χ3n) is 2.20. The lowest BCUT2D eigenvalue weighted by molar-refractivity contribution is 0.257. The van der Waals surface area contributed by atoms with Crippen molar-refractivity contribution in [2.45, 2.75) is 38.1 Å². The van der Waals surface area contributed by atoms with Gasteiger partial charge in [-0.2, -0.15) is 0 Å². The maximum absolute atomic E-state index is 10.3. The van der Waals surface area contributed by atoms with Crippen LogP contribution in [-0.2, 0) is 9.09 Å². The second-order valence-electron chi connectivity index (χ2n) is 3.40. The SMILES string of the molecule is O=P(O)(O)OC=CNC1CCCCC1. The van der Waals surface area contributed by atoms with Crippen molar-refractivity contribution >= 4 is 7.82 Å². The summed E-state index contributed by atoms with van der Waals surface area (Å²) < 4.78 is 14.4. The number of hydrogen-bond donors (Lipinski definition) is 3. The second kappa shape index (κ2) is 5.39. The van der Waals surface area contributed by atoms with Crippen LogP contribution in [0.5, 0.6) is 0 Å². The Balaban J connectivity index is 2.15. The Kier molecular flexibility index (Phi) is 4.45. The molecular formula is C8H16NO4P. The van der Waals surface area contributed by atoms with Crippen LogP contribution in [0.3, 0.4) is 0 Å². The predicted molar refractivity (Wildman–Crippen MR) is 52.3 cm³/mol. The molecule has 0 bridgehead atoms. The van der Waals surface area contributed by atoms with Gasteiger partial charge in [0.2, 0.25) is 0 Å². The topological polar surface area (TPSA) is 78.8 Å². The molecule has 1 aliphatic carbocycles. The molecule has 14 heavy (non-hydrogen) atoms. The summed E-state index contributed by atoms with van der Waals surface area (Å²) in [6, 6.07) is 0.417. The van der Waals surface area contributed by atoms with Crippen molar-refractivity contribution < 1.29 is 18.9 Å². The molecule has 0 atom stereocenters. The van der Waals surface area contributed by atoms with E-state index in [1.807, 2.05) is 0 Å². The Morgan fingerprint density at radius 3 is 2.50 bits per heavy atom. The Morgan fingerprint density at radius 1 is 1.29 bits per heavy atom. The molecule has 0 spiro atoms. The third-order valence-corrected chi connectivity index (χ3v) is 2.60. The standard InChI is InChI=1S/C8H16NO4P/c10-14(11,12)13-7-6-9-8-4-2-1-3-5-8/h6-9H,1-5H2,(H2,10,11,12). The van der Waals surface area contributed by atoms with Crippen LogP contribution < -0.4 is 5.32 Å². The molecule has 0 unspecified atom stereocenters. The molecule has 0 radical (unpaired) electrons. The van der Waals surface area contributed by atoms with Crippen molar-refractivity contribution in [2.24, 2.45) is 0 Å². The number of nitrogens with one attached hydrogen (secondary N) is 1. The van der Waals surface area contributed by atoms with Gasteiger partial charge in [0.15, 0.2) is 0 Å². The van der Waals surface area contributed by atoms with Crippen LogP contribution >= 0.6 is 7.82 Å². The van der Waals surface area contributed by atoms with Gasteiger partial charge >= 0.3 is 7.82 Å². The molecule has 5 nitrogen and oxygen atoms in total. The Morgan fingerprint density at radius 2 is 1.93 bits per heavy atom. The molecule has 3 N–H and O–H groups in total. The lowest BCUT2D eigenvalue weighted by atomic mass is 9.96. The van der Waals surface area contributed by atoms with E-state index in [0.29, 0.717) is 6.04 Å². The van der Waals surface area contributed by atoms with Crippen LogP contribution in [0.1, 0.15) is 32.1 Å². The molecule has 0 amide bonds. The van der Waals surface area contributed by atoms with E-state index in [1.165, 1.54) is 25.5 Å². The monoisotopic (exact) mass is 221 g/mol. The summed E-state index contributed by atoms with van der Waals surface area (Å²) >= 11 is 0. The summed E-state index contributed by atoms with van der Waals surface area (Å²) in [6.45, 7) is 0. The van der Waals surface area contributed by atoms with Gasteiger partial charge in [-0.15, -0.1) is 0 Å². The fourth-order valence-corrected chi connectivity index (χ4v) is 1.77. The maximum Gasteiger partial charge on any atom is 0.524 e. The minimum absolute atomic E-state index is 0.417. The van der Waals surface area contributed by atoms with Gasteiger partial charge in [0.25, 0.3) is 0 Å². The van der Waals surface area contributed by atoms with Crippen molar-refractivity contribution in [1.82, 2.24) is 5.32 Å². The van der Waals surface area contributed by atoms with Crippen molar-refractivity contribution in [2.75, 3.05) is 0 Å². The first kappa shape index (κ1) is 11.6. The van der Waals surface area contributed by atoms with Gasteiger partial charge in [0, 0.05) is 12.2 Å². The van der Waals surface area contributed by atoms with Crippen LogP contribution in [-0.4, -0.2) is 15.8 Å². The fourth-order valence-electron chi connectivity index (χ4n) is 1.55. The van der Waals surface area contributed by atoms with E-state index in [1.54, 1.807) is 0 Å². The molecular weight excluding hydrogens is 205 g/mol. The van der Waals surface area contributed by atoms with Crippen LogP contribution in [0.25, 0.3) is 0 Å². The highest BCUT2D eigenvalue weighted by Gasteiger charge is 2.12. The number of phosphoric acid groups is 1. The average Bonchev–Trinajstić information content (AvgIpc) is 2.13. The normalized spacial score (nSPS) is 19.9. The first-order valence-corrected chi connectivity index (χ1v) is 6.26. The summed E-state index contributed by atoms with van der Waals surface area (Å²) in [5, 5.41) is 3.05. The first-order valence-electron chi connectivity index (χ1n) is 4.73. The summed E-state index contributed by atoms with van der Waals surface area (Å²) in [6.07, 6.45) is 8.39. The molecule has 6 heteroatoms. The maximum atomic E-state index is 10.3. The van der Waals surface area contributed by atoms with E-state index in [0.717, 1.165) is 19.1 Å². The van der Waals surface area contributed by atoms with Crippen LogP contribution in [0.15, 0.2) is 12.5 Å². The molecule has 0 aromatic carbocycles. The molecule has 0 heterocycles.